The second-order valence-corrected chi connectivity index (χ2v) is 27.3. The molecule has 0 saturated heterocycles. The number of fused-ring (bicyclic) bond motifs is 2. The number of aliphatic hydroxyl groups is 2. The van der Waals surface area contributed by atoms with Crippen molar-refractivity contribution in [3.63, 3.8) is 0 Å². The number of amidine groups is 2. The number of hydrogen-bond donors (Lipinski definition) is 16. The molecule has 16 N–H and O–H groups in total. The maximum Gasteiger partial charge on any atom is 0.296 e. The number of aliphatic hydroxyl groups excluding tert-OH is 2. The number of rotatable bonds is 18. The molecule has 0 amide bonds. The van der Waals surface area contributed by atoms with Gasteiger partial charge >= 0.3 is 0 Å². The number of aromatic nitrogens is 6. The van der Waals surface area contributed by atoms with E-state index >= 15 is 0 Å². The van der Waals surface area contributed by atoms with Gasteiger partial charge in [-0.1, -0.05) is 0 Å². The Labute approximate surface area is 694 Å². The van der Waals surface area contributed by atoms with Gasteiger partial charge in [-0.15, -0.1) is 20.5 Å². The minimum Gasteiger partial charge on any atom is -0.481 e. The first kappa shape index (κ1) is 88.3. The average Bonchev–Trinajstić information content (AvgIpc) is 0.759. The van der Waals surface area contributed by atoms with Crippen molar-refractivity contribution >= 4 is 364 Å². The summed E-state index contributed by atoms with van der Waals surface area (Å²) in [7, 11) is -31.3. The van der Waals surface area contributed by atoms with Crippen LogP contribution in [-0.4, -0.2) is 307 Å². The summed E-state index contributed by atoms with van der Waals surface area (Å²) in [5.74, 6) is -0.213. The van der Waals surface area contributed by atoms with Crippen LogP contribution in [0.4, 0.5) is 68.8 Å². The Balaban J connectivity index is 0.00000417. The van der Waals surface area contributed by atoms with Gasteiger partial charge in [0, 0.05) is 199 Å². The van der Waals surface area contributed by atoms with E-state index in [0.29, 0.717) is 47.8 Å². The first-order chi connectivity index (χ1) is 42.7. The number of aromatic amines is 2. The fraction of sp³-hybridized carbons (Fsp3) is 0. The number of anilines is 6. The molecule has 0 aliphatic rings. The predicted molar refractivity (Wildman–Crippen MR) is 357 cm³/mol. The van der Waals surface area contributed by atoms with Gasteiger partial charge < -0.3 is 31.5 Å². The van der Waals surface area contributed by atoms with Crippen molar-refractivity contribution in [2.45, 2.75) is 29.4 Å². The molecule has 0 spiro atoms. The van der Waals surface area contributed by atoms with E-state index < -0.39 is 135 Å². The molecule has 0 aliphatic carbocycles. The van der Waals surface area contributed by atoms with Crippen LogP contribution in [0.1, 0.15) is 0 Å². The standard InChI is InChI=1S/C46H34Cl2N18O20S6.6Na/c47-39-57-43(61-45(59-39)53-23-5-7-29(31(13-23)55-41(49)67)63-65-33-17-27-19(11-37(33)91(81,82)83)9-25(87(69,70)71)15-35(27)89(75,76)77)51-21-1-2-22(4-3-21)52-44-58-40(48)60-46(62-44)54-24-6-8-30(32(14-24)56-42(50)68)64-66-34-18-28-20(12-38(34)92(84,85)86)10-26(88(72,73)74)16-36(28)90(78,79)80;;;;;;/h1-18H,(H3,49,55,67)(H3,50,56,68)(H,69,70,71)(H,72,73,74)(H,75,76,77)(H,78,79,80)(H,81,82,83)(H,84,85,86)(H2,51,53,57,59,61)(H2,52,54,58,60,62);;;;;;. The van der Waals surface area contributed by atoms with Crippen molar-refractivity contribution in [2.75, 3.05) is 21.3 Å². The normalized spacial score (nSPS) is 12.3. The summed E-state index contributed by atoms with van der Waals surface area (Å²) in [6.07, 6.45) is 0. The smallest absolute Gasteiger partial charge is 0.296 e. The zero-order valence-electron chi connectivity index (χ0n) is 50.5. The van der Waals surface area contributed by atoms with Crippen molar-refractivity contribution in [3.8, 4) is 0 Å². The molecule has 0 saturated carbocycles. The third kappa shape index (κ3) is 23.0. The second-order valence-electron chi connectivity index (χ2n) is 18.1. The zero-order chi connectivity index (χ0) is 67.2. The first-order valence-corrected chi connectivity index (χ1v) is 33.4. The molecule has 52 heteroatoms. The van der Waals surface area contributed by atoms with Gasteiger partial charge in [0.15, 0.2) is 0 Å². The molecule has 0 aliphatic heterocycles. The van der Waals surface area contributed by atoms with Crippen molar-refractivity contribution in [1.29, 1.82) is 10.8 Å². The van der Waals surface area contributed by atoms with Crippen molar-refractivity contribution in [1.82, 2.24) is 29.9 Å². The van der Waals surface area contributed by atoms with Crippen molar-refractivity contribution < 1.29 is 88.0 Å². The van der Waals surface area contributed by atoms with Crippen LogP contribution < -0.4 is 32.5 Å². The number of halogens is 2. The summed E-state index contributed by atoms with van der Waals surface area (Å²) in [6.45, 7) is 0. The Hall–Kier alpha value is -3.94. The van der Waals surface area contributed by atoms with Crippen LogP contribution >= 0.6 is 23.2 Å². The van der Waals surface area contributed by atoms with Crippen molar-refractivity contribution in [2.24, 2.45) is 30.4 Å². The summed E-state index contributed by atoms with van der Waals surface area (Å²) in [5.41, 5.74) is -1.96. The number of hydrogen-bond acceptors (Lipinski definition) is 26. The Kier molecular flexibility index (Phi) is 31.5. The van der Waals surface area contributed by atoms with E-state index in [1.165, 1.54) is 36.4 Å². The molecule has 9 aromatic rings. The van der Waals surface area contributed by atoms with Crippen LogP contribution in [0.3, 0.4) is 0 Å². The third-order valence-electron chi connectivity index (χ3n) is 11.8. The van der Waals surface area contributed by atoms with E-state index in [1.807, 2.05) is 0 Å². The SMILES string of the molecule is N=C(O)Nc1cc(N=c2nc(Nc3ccc(Nc4nc(Cl)[nH]c(=Nc5ccc(N=Nc6cc7c(S(=O)(=O)O)cc(S(=O)(=O)O)cc7cc6S(=O)(=O)O)c(NC(=N)O)c5)n4)cc3)nc(Cl)[nH]2)ccc1N=Nc1cc2c(S(=O)(=O)O)cc(S(=O)(=O)O)cc2cc1S(=O)(=O)O.[Na].[Na].[Na].[Na].[Na].[Na]. The quantitative estimate of drug-likeness (QED) is 0.0170. The second kappa shape index (κ2) is 35.0. The van der Waals surface area contributed by atoms with Crippen LogP contribution in [0.15, 0.2) is 169 Å². The largest absolute Gasteiger partial charge is 0.481 e. The van der Waals surface area contributed by atoms with E-state index in [1.54, 1.807) is 24.3 Å². The summed E-state index contributed by atoms with van der Waals surface area (Å²) in [5, 5.41) is 58.3. The molecular weight excluding hydrogens is 1530 g/mol. The molecule has 98 heavy (non-hydrogen) atoms. The molecule has 0 bridgehead atoms. The predicted octanol–water partition coefficient (Wildman–Crippen LogP) is 5.32. The number of benzene rings is 7. The molecule has 6 radical (unpaired) electrons. The average molecular weight is 1560 g/mol. The van der Waals surface area contributed by atoms with Crippen LogP contribution in [0, 0.1) is 10.8 Å². The molecule has 0 fully saturated rings. The number of H-pyrrole nitrogens is 2. The summed E-state index contributed by atoms with van der Waals surface area (Å²) in [6, 6.07) is 16.1. The first-order valence-electron chi connectivity index (χ1n) is 24.0. The minimum atomic E-state index is -5.27. The molecule has 2 aromatic heterocycles. The van der Waals surface area contributed by atoms with Gasteiger partial charge in [-0.2, -0.15) is 70.4 Å². The van der Waals surface area contributed by atoms with Gasteiger partial charge in [-0.05, 0) is 143 Å². The van der Waals surface area contributed by atoms with E-state index in [2.05, 4.69) is 81.6 Å². The fourth-order valence-corrected chi connectivity index (χ4v) is 12.4. The third-order valence-corrected chi connectivity index (χ3v) is 17.3. The van der Waals surface area contributed by atoms with E-state index in [4.69, 9.17) is 34.0 Å². The summed E-state index contributed by atoms with van der Waals surface area (Å²) >= 11 is 12.6. The molecule has 2 heterocycles. The van der Waals surface area contributed by atoms with Gasteiger partial charge in [0.25, 0.3) is 72.8 Å². The Morgan fingerprint density at radius 1 is 0.398 bits per heavy atom. The molecule has 0 atom stereocenters. The Morgan fingerprint density at radius 2 is 0.714 bits per heavy atom. The van der Waals surface area contributed by atoms with E-state index in [0.717, 1.165) is 12.1 Å². The number of azo groups is 2. The fourth-order valence-electron chi connectivity index (χ4n) is 8.05. The van der Waals surface area contributed by atoms with Crippen LogP contribution in [0.5, 0.6) is 0 Å². The maximum atomic E-state index is 12.5. The number of nitrogens with one attached hydrogen (secondary N) is 8. The molecule has 484 valence electrons. The molecule has 38 nitrogen and oxygen atoms in total. The van der Waals surface area contributed by atoms with Crippen LogP contribution in [-0.2, 0) is 60.7 Å². The van der Waals surface area contributed by atoms with Crippen LogP contribution in [0.25, 0.3) is 21.5 Å². The topological polar surface area (TPSA) is 620 Å². The summed E-state index contributed by atoms with van der Waals surface area (Å²) in [4.78, 5) is 24.4. The molecule has 0 unspecified atom stereocenters. The maximum absolute atomic E-state index is 12.5. The Bertz CT molecular complexity index is 5280. The van der Waals surface area contributed by atoms with Gasteiger partial charge in [-0.25, -0.2) is 9.98 Å². The van der Waals surface area contributed by atoms with Gasteiger partial charge in [0.2, 0.25) is 33.7 Å². The van der Waals surface area contributed by atoms with Gasteiger partial charge in [0.1, 0.15) is 42.3 Å². The van der Waals surface area contributed by atoms with Crippen molar-refractivity contribution in [3.05, 3.63) is 131 Å². The number of nitrogens with zero attached hydrogens (tertiary/aromatic N) is 10. The molecule has 7 aromatic carbocycles. The van der Waals surface area contributed by atoms with Crippen LogP contribution in [0.2, 0.25) is 10.6 Å². The monoisotopic (exact) mass is 1560 g/mol. The minimum absolute atomic E-state index is 0. The zero-order valence-corrected chi connectivity index (χ0v) is 69.0. The van der Waals surface area contributed by atoms with Gasteiger partial charge in [-0.3, -0.25) is 48.1 Å². The summed E-state index contributed by atoms with van der Waals surface area (Å²) < 4.78 is 206. The Morgan fingerprint density at radius 3 is 1.01 bits per heavy atom. The van der Waals surface area contributed by atoms with Gasteiger partial charge in [0.05, 0.1) is 32.5 Å². The van der Waals surface area contributed by atoms with E-state index in [-0.39, 0.29) is 245 Å². The molecule has 9 rings (SSSR count). The molecular formula is C46H34Cl2N18Na6O20S6. The van der Waals surface area contributed by atoms with E-state index in [9.17, 15) is 88.0 Å².